The summed E-state index contributed by atoms with van der Waals surface area (Å²) in [6.45, 7) is 7.04. The van der Waals surface area contributed by atoms with Crippen LogP contribution in [-0.4, -0.2) is 39.4 Å². The third-order valence-electron chi connectivity index (χ3n) is 4.98. The Hall–Kier alpha value is -3.62. The van der Waals surface area contributed by atoms with Gasteiger partial charge in [0.15, 0.2) is 11.6 Å². The van der Waals surface area contributed by atoms with Gasteiger partial charge in [0.2, 0.25) is 0 Å². The van der Waals surface area contributed by atoms with Crippen LogP contribution in [0, 0.1) is 17.5 Å². The minimum atomic E-state index is -1.16. The molecule has 1 N–H and O–H groups in total. The second-order valence-electron chi connectivity index (χ2n) is 8.50. The van der Waals surface area contributed by atoms with Gasteiger partial charge in [0.05, 0.1) is 23.6 Å². The molecule has 1 aliphatic rings. The van der Waals surface area contributed by atoms with Gasteiger partial charge in [0.1, 0.15) is 5.82 Å². The number of nitrogens with zero attached hydrogens (tertiary/aromatic N) is 2. The average Bonchev–Trinajstić information content (AvgIpc) is 2.77. The van der Waals surface area contributed by atoms with E-state index >= 15 is 0 Å². The molecule has 3 rings (SSSR count). The van der Waals surface area contributed by atoms with Gasteiger partial charge in [-0.25, -0.2) is 18.0 Å². The SMILES string of the molecule is CC(C)OC(=O)C1=CN(C(=O)c2ccc(F)c(F)c2)CC(C)(C)c2cncc(F)cc[nH]c21. The number of esters is 1. The lowest BCUT2D eigenvalue weighted by Gasteiger charge is -2.29. The molecular formula is C24H24F3N3O3. The maximum absolute atomic E-state index is 13.8. The number of aromatic nitrogens is 2. The number of H-pyrrole nitrogens is 1. The van der Waals surface area contributed by atoms with Crippen LogP contribution in [0.5, 0.6) is 0 Å². The van der Waals surface area contributed by atoms with Crippen LogP contribution in [0.3, 0.4) is 0 Å². The molecule has 0 spiro atoms. The lowest BCUT2D eigenvalue weighted by Crippen LogP contribution is -2.37. The van der Waals surface area contributed by atoms with Crippen molar-refractivity contribution in [2.24, 2.45) is 0 Å². The molecule has 0 fully saturated rings. The molecule has 2 aromatic rings. The molecular weight excluding hydrogens is 435 g/mol. The van der Waals surface area contributed by atoms with E-state index in [1.165, 1.54) is 29.6 Å². The summed E-state index contributed by atoms with van der Waals surface area (Å²) in [7, 11) is 0. The first-order chi connectivity index (χ1) is 15.5. The first-order valence-electron chi connectivity index (χ1n) is 10.3. The van der Waals surface area contributed by atoms with E-state index in [1.54, 1.807) is 13.8 Å². The van der Waals surface area contributed by atoms with Crippen molar-refractivity contribution >= 4 is 17.4 Å². The van der Waals surface area contributed by atoms with Crippen molar-refractivity contribution in [2.45, 2.75) is 39.2 Å². The molecule has 6 nitrogen and oxygen atoms in total. The third-order valence-corrected chi connectivity index (χ3v) is 4.98. The van der Waals surface area contributed by atoms with Crippen LogP contribution in [0.2, 0.25) is 0 Å². The largest absolute Gasteiger partial charge is 0.459 e. The minimum absolute atomic E-state index is 0.00128. The molecule has 1 aliphatic heterocycles. The van der Waals surface area contributed by atoms with Gasteiger partial charge in [-0.1, -0.05) is 13.8 Å². The summed E-state index contributed by atoms with van der Waals surface area (Å²) < 4.78 is 46.3. The van der Waals surface area contributed by atoms with Gasteiger partial charge >= 0.3 is 5.97 Å². The Bertz CT molecular complexity index is 1170. The fraction of sp³-hybridized carbons (Fsp3) is 0.292. The predicted octanol–water partition coefficient (Wildman–Crippen LogP) is 4.68. The number of hydrogen-bond donors (Lipinski definition) is 1. The lowest BCUT2D eigenvalue weighted by molar-refractivity contribution is -0.140. The number of halogens is 3. The maximum atomic E-state index is 13.8. The molecule has 1 aromatic heterocycles. The Morgan fingerprint density at radius 3 is 2.52 bits per heavy atom. The quantitative estimate of drug-likeness (QED) is 0.677. The van der Waals surface area contributed by atoms with Crippen LogP contribution in [-0.2, 0) is 14.9 Å². The summed E-state index contributed by atoms with van der Waals surface area (Å²) in [6.07, 6.45) is 4.60. The summed E-state index contributed by atoms with van der Waals surface area (Å²) in [5.74, 6) is -4.19. The number of nitrogens with one attached hydrogen (secondary N) is 1. The lowest BCUT2D eigenvalue weighted by atomic mass is 9.83. The van der Waals surface area contributed by atoms with Gasteiger partial charge in [-0.15, -0.1) is 0 Å². The topological polar surface area (TPSA) is 75.3 Å². The number of carbonyl (C=O) groups excluding carboxylic acids is 2. The fourth-order valence-corrected chi connectivity index (χ4v) is 3.44. The fourth-order valence-electron chi connectivity index (χ4n) is 3.44. The molecule has 1 amide bonds. The van der Waals surface area contributed by atoms with Crippen LogP contribution in [0.4, 0.5) is 13.2 Å². The van der Waals surface area contributed by atoms with Gasteiger partial charge in [-0.3, -0.25) is 9.78 Å². The highest BCUT2D eigenvalue weighted by Crippen LogP contribution is 2.34. The van der Waals surface area contributed by atoms with E-state index < -0.39 is 40.8 Å². The maximum Gasteiger partial charge on any atom is 0.342 e. The summed E-state index contributed by atoms with van der Waals surface area (Å²) in [5.41, 5.74) is -0.0763. The highest BCUT2D eigenvalue weighted by molar-refractivity contribution is 6.17. The monoisotopic (exact) mass is 459 g/mol. The van der Waals surface area contributed by atoms with Gasteiger partial charge in [-0.2, -0.15) is 0 Å². The number of rotatable bonds is 3. The zero-order chi connectivity index (χ0) is 24.3. The van der Waals surface area contributed by atoms with Crippen molar-refractivity contribution in [1.29, 1.82) is 0 Å². The predicted molar refractivity (Wildman–Crippen MR) is 116 cm³/mol. The van der Waals surface area contributed by atoms with E-state index in [1.807, 2.05) is 13.8 Å². The van der Waals surface area contributed by atoms with E-state index in [-0.39, 0.29) is 23.4 Å². The van der Waals surface area contributed by atoms with Gasteiger partial charge in [-0.05, 0) is 38.1 Å². The molecule has 9 heteroatoms. The van der Waals surface area contributed by atoms with Crippen LogP contribution in [0.25, 0.3) is 5.57 Å². The van der Waals surface area contributed by atoms with Crippen LogP contribution < -0.4 is 0 Å². The van der Waals surface area contributed by atoms with Crippen molar-refractivity contribution in [2.75, 3.05) is 6.54 Å². The van der Waals surface area contributed by atoms with Gasteiger partial charge < -0.3 is 14.6 Å². The summed E-state index contributed by atoms with van der Waals surface area (Å²) in [5, 5.41) is 0. The third kappa shape index (κ3) is 5.42. The zero-order valence-corrected chi connectivity index (χ0v) is 18.7. The molecule has 1 aromatic carbocycles. The smallest absolute Gasteiger partial charge is 0.342 e. The van der Waals surface area contributed by atoms with Crippen molar-refractivity contribution in [3.8, 4) is 0 Å². The molecule has 0 aliphatic carbocycles. The summed E-state index contributed by atoms with van der Waals surface area (Å²) in [6, 6.07) is 3.98. The standard InChI is InChI=1S/C24H24F3N3O3/c1-14(2)33-23(32)17-12-30(22(31)15-5-6-19(26)20(27)9-15)13-24(3,4)18-11-28-10-16(25)7-8-29-21(17)18/h5-12,14,29H,13H2,1-4H3. The van der Waals surface area contributed by atoms with Crippen molar-refractivity contribution in [3.63, 3.8) is 0 Å². The molecule has 174 valence electrons. The molecule has 0 saturated carbocycles. The summed E-state index contributed by atoms with van der Waals surface area (Å²) >= 11 is 0. The Kier molecular flexibility index (Phi) is 6.90. The number of ether oxygens (including phenoxy) is 1. The van der Waals surface area contributed by atoms with E-state index in [4.69, 9.17) is 4.74 Å². The highest BCUT2D eigenvalue weighted by atomic mass is 19.2. The Morgan fingerprint density at radius 1 is 1.12 bits per heavy atom. The normalized spacial score (nSPS) is 14.7. The Morgan fingerprint density at radius 2 is 1.85 bits per heavy atom. The number of benzene rings is 1. The van der Waals surface area contributed by atoms with E-state index in [0.29, 0.717) is 5.56 Å². The number of fused-ring (bicyclic) bond motifs is 1. The van der Waals surface area contributed by atoms with E-state index in [2.05, 4.69) is 9.97 Å². The Balaban J connectivity index is 2.23. The molecule has 0 atom stereocenters. The van der Waals surface area contributed by atoms with E-state index in [9.17, 15) is 22.8 Å². The molecule has 0 unspecified atom stereocenters. The second-order valence-corrected chi connectivity index (χ2v) is 8.50. The second kappa shape index (κ2) is 9.48. The number of carbonyl (C=O) groups is 2. The van der Waals surface area contributed by atoms with Crippen molar-refractivity contribution in [1.82, 2.24) is 14.9 Å². The van der Waals surface area contributed by atoms with Gasteiger partial charge in [0, 0.05) is 41.7 Å². The zero-order valence-electron chi connectivity index (χ0n) is 18.7. The Labute approximate surface area is 189 Å². The van der Waals surface area contributed by atoms with Crippen molar-refractivity contribution in [3.05, 3.63) is 83.3 Å². The number of amides is 1. The molecule has 0 bridgehead atoms. The van der Waals surface area contributed by atoms with Gasteiger partial charge in [0.25, 0.3) is 5.91 Å². The van der Waals surface area contributed by atoms with Crippen LogP contribution in [0.15, 0.2) is 49.1 Å². The molecule has 0 radical (unpaired) electrons. The molecule has 2 heterocycles. The first-order valence-corrected chi connectivity index (χ1v) is 10.3. The molecule has 0 saturated heterocycles. The van der Waals surface area contributed by atoms with E-state index in [0.717, 1.165) is 24.4 Å². The molecule has 33 heavy (non-hydrogen) atoms. The number of aromatic amines is 1. The number of hydrogen-bond acceptors (Lipinski definition) is 4. The summed E-state index contributed by atoms with van der Waals surface area (Å²) in [4.78, 5) is 34.4. The first kappa shape index (κ1) is 24.0. The average molecular weight is 459 g/mol. The van der Waals surface area contributed by atoms with Crippen LogP contribution in [0.1, 0.15) is 49.3 Å². The highest BCUT2D eigenvalue weighted by Gasteiger charge is 2.35. The van der Waals surface area contributed by atoms with Crippen molar-refractivity contribution < 1.29 is 27.5 Å². The van der Waals surface area contributed by atoms with Crippen LogP contribution >= 0.6 is 0 Å². The minimum Gasteiger partial charge on any atom is -0.459 e.